The van der Waals surface area contributed by atoms with E-state index < -0.39 is 0 Å². The van der Waals surface area contributed by atoms with Crippen LogP contribution < -0.4 is 0 Å². The van der Waals surface area contributed by atoms with Crippen LogP contribution >= 0.6 is 11.3 Å². The van der Waals surface area contributed by atoms with E-state index in [1.165, 1.54) is 11.3 Å². The minimum atomic E-state index is 0.0489. The van der Waals surface area contributed by atoms with Crippen molar-refractivity contribution in [2.75, 3.05) is 19.7 Å². The molecule has 1 aliphatic heterocycles. The maximum atomic E-state index is 12.3. The zero-order chi connectivity index (χ0) is 14.5. The quantitative estimate of drug-likeness (QED) is 0.854. The molecule has 1 unspecified atom stereocenters. The molecule has 0 saturated carbocycles. The molecule has 6 nitrogen and oxygen atoms in total. The first-order chi connectivity index (χ1) is 10.3. The largest absolute Gasteiger partial charge is 0.375 e. The number of carbonyl (C=O) groups is 1. The van der Waals surface area contributed by atoms with E-state index >= 15 is 0 Å². The molecule has 110 valence electrons. The van der Waals surface area contributed by atoms with Crippen LogP contribution in [0.25, 0.3) is 0 Å². The number of thiazole rings is 1. The average Bonchev–Trinajstić information content (AvgIpc) is 3.08. The third-order valence-corrected chi connectivity index (χ3v) is 4.20. The Kier molecular flexibility index (Phi) is 4.52. The van der Waals surface area contributed by atoms with Crippen LogP contribution in [-0.2, 0) is 11.2 Å². The third kappa shape index (κ3) is 3.62. The molecule has 1 amide bonds. The Morgan fingerprint density at radius 2 is 2.43 bits per heavy atom. The molecular formula is C14H16N4O2S. The molecule has 0 bridgehead atoms. The van der Waals surface area contributed by atoms with Gasteiger partial charge in [-0.15, -0.1) is 11.3 Å². The molecule has 0 aromatic carbocycles. The molecule has 7 heteroatoms. The van der Waals surface area contributed by atoms with Crippen molar-refractivity contribution in [3.8, 4) is 0 Å². The van der Waals surface area contributed by atoms with Gasteiger partial charge >= 0.3 is 0 Å². The molecule has 0 N–H and O–H groups in total. The monoisotopic (exact) mass is 304 g/mol. The number of aromatic nitrogens is 3. The Morgan fingerprint density at radius 1 is 1.48 bits per heavy atom. The summed E-state index contributed by atoms with van der Waals surface area (Å²) in [5, 5.41) is 0. The Hall–Kier alpha value is -1.86. The van der Waals surface area contributed by atoms with Crippen molar-refractivity contribution in [1.82, 2.24) is 19.9 Å². The van der Waals surface area contributed by atoms with E-state index in [9.17, 15) is 4.79 Å². The maximum absolute atomic E-state index is 12.3. The molecule has 0 radical (unpaired) electrons. The Morgan fingerprint density at radius 3 is 3.19 bits per heavy atom. The summed E-state index contributed by atoms with van der Waals surface area (Å²) in [7, 11) is 0. The SMILES string of the molecule is O=C(c1cncs1)N1CCOC(CCc2ccncn2)C1. The molecule has 1 aliphatic rings. The van der Waals surface area contributed by atoms with Crippen LogP contribution in [0.15, 0.2) is 30.3 Å². The van der Waals surface area contributed by atoms with E-state index in [-0.39, 0.29) is 12.0 Å². The molecule has 0 aliphatic carbocycles. The normalized spacial score (nSPS) is 18.7. The van der Waals surface area contributed by atoms with Gasteiger partial charge in [0.2, 0.25) is 0 Å². The second-order valence-corrected chi connectivity index (χ2v) is 5.74. The van der Waals surface area contributed by atoms with E-state index in [1.807, 2.05) is 11.0 Å². The first kappa shape index (κ1) is 14.1. The van der Waals surface area contributed by atoms with Gasteiger partial charge in [0.15, 0.2) is 0 Å². The zero-order valence-electron chi connectivity index (χ0n) is 11.5. The number of morpholine rings is 1. The average molecular weight is 304 g/mol. The second kappa shape index (κ2) is 6.73. The molecule has 2 aromatic rings. The van der Waals surface area contributed by atoms with E-state index in [2.05, 4.69) is 15.0 Å². The fraction of sp³-hybridized carbons (Fsp3) is 0.429. The molecule has 1 fully saturated rings. The van der Waals surface area contributed by atoms with Crippen LogP contribution in [-0.4, -0.2) is 51.6 Å². The predicted octanol–water partition coefficient (Wildman–Crippen LogP) is 1.41. The number of amides is 1. The number of aryl methyl sites for hydroxylation is 1. The first-order valence-corrected chi connectivity index (χ1v) is 7.75. The van der Waals surface area contributed by atoms with E-state index in [1.54, 1.807) is 24.2 Å². The fourth-order valence-corrected chi connectivity index (χ4v) is 2.92. The minimum Gasteiger partial charge on any atom is -0.375 e. The van der Waals surface area contributed by atoms with Crippen LogP contribution in [0.4, 0.5) is 0 Å². The minimum absolute atomic E-state index is 0.0489. The van der Waals surface area contributed by atoms with Crippen LogP contribution in [0.1, 0.15) is 21.8 Å². The molecule has 3 rings (SSSR count). The number of carbonyl (C=O) groups excluding carboxylic acids is 1. The van der Waals surface area contributed by atoms with Gasteiger partial charge in [-0.05, 0) is 18.9 Å². The van der Waals surface area contributed by atoms with E-state index in [0.717, 1.165) is 18.5 Å². The Bertz CT molecular complexity index is 576. The van der Waals surface area contributed by atoms with Gasteiger partial charge in [0.25, 0.3) is 5.91 Å². The number of hydrogen-bond acceptors (Lipinski definition) is 6. The van der Waals surface area contributed by atoms with Crippen LogP contribution in [0, 0.1) is 0 Å². The van der Waals surface area contributed by atoms with Gasteiger partial charge in [-0.1, -0.05) is 0 Å². The predicted molar refractivity (Wildman–Crippen MR) is 78.1 cm³/mol. The lowest BCUT2D eigenvalue weighted by Gasteiger charge is -2.32. The maximum Gasteiger partial charge on any atom is 0.265 e. The molecule has 1 saturated heterocycles. The molecule has 3 heterocycles. The summed E-state index contributed by atoms with van der Waals surface area (Å²) in [6.45, 7) is 1.85. The summed E-state index contributed by atoms with van der Waals surface area (Å²) in [5.74, 6) is 0.0489. The summed E-state index contributed by atoms with van der Waals surface area (Å²) in [6, 6.07) is 1.91. The molecule has 0 spiro atoms. The highest BCUT2D eigenvalue weighted by Gasteiger charge is 2.25. The summed E-state index contributed by atoms with van der Waals surface area (Å²) in [4.78, 5) is 26.9. The number of ether oxygens (including phenoxy) is 1. The number of nitrogens with zero attached hydrogens (tertiary/aromatic N) is 4. The van der Waals surface area contributed by atoms with Crippen LogP contribution in [0.2, 0.25) is 0 Å². The van der Waals surface area contributed by atoms with E-state index in [0.29, 0.717) is 24.6 Å². The van der Waals surface area contributed by atoms with Crippen molar-refractivity contribution in [3.63, 3.8) is 0 Å². The highest BCUT2D eigenvalue weighted by Crippen LogP contribution is 2.16. The molecule has 1 atom stereocenters. The van der Waals surface area contributed by atoms with Gasteiger partial charge in [-0.2, -0.15) is 0 Å². The van der Waals surface area contributed by atoms with Crippen molar-refractivity contribution >= 4 is 17.2 Å². The van der Waals surface area contributed by atoms with Crippen LogP contribution in [0.5, 0.6) is 0 Å². The third-order valence-electron chi connectivity index (χ3n) is 3.43. The van der Waals surface area contributed by atoms with Gasteiger partial charge in [-0.25, -0.2) is 9.97 Å². The number of hydrogen-bond donors (Lipinski definition) is 0. The Balaban J connectivity index is 1.55. The van der Waals surface area contributed by atoms with Gasteiger partial charge in [0.1, 0.15) is 11.2 Å². The van der Waals surface area contributed by atoms with Crippen molar-refractivity contribution in [3.05, 3.63) is 40.9 Å². The van der Waals surface area contributed by atoms with Gasteiger partial charge in [0, 0.05) is 25.0 Å². The second-order valence-electron chi connectivity index (χ2n) is 4.85. The zero-order valence-corrected chi connectivity index (χ0v) is 12.3. The van der Waals surface area contributed by atoms with Crippen LogP contribution in [0.3, 0.4) is 0 Å². The lowest BCUT2D eigenvalue weighted by atomic mass is 10.1. The van der Waals surface area contributed by atoms with Gasteiger partial charge in [-0.3, -0.25) is 9.78 Å². The fourth-order valence-electron chi connectivity index (χ4n) is 2.33. The van der Waals surface area contributed by atoms with Gasteiger partial charge in [0.05, 0.1) is 24.4 Å². The summed E-state index contributed by atoms with van der Waals surface area (Å²) in [5.41, 5.74) is 2.68. The van der Waals surface area contributed by atoms with Crippen molar-refractivity contribution < 1.29 is 9.53 Å². The Labute approximate surface area is 126 Å². The highest BCUT2D eigenvalue weighted by atomic mass is 32.1. The van der Waals surface area contributed by atoms with E-state index in [4.69, 9.17) is 4.74 Å². The summed E-state index contributed by atoms with van der Waals surface area (Å²) >= 11 is 1.38. The first-order valence-electron chi connectivity index (χ1n) is 6.87. The topological polar surface area (TPSA) is 68.2 Å². The van der Waals surface area contributed by atoms with Gasteiger partial charge < -0.3 is 9.64 Å². The molecule has 21 heavy (non-hydrogen) atoms. The molecule has 2 aromatic heterocycles. The highest BCUT2D eigenvalue weighted by molar-refractivity contribution is 7.11. The lowest BCUT2D eigenvalue weighted by Crippen LogP contribution is -2.45. The summed E-state index contributed by atoms with van der Waals surface area (Å²) < 4.78 is 5.75. The van der Waals surface area contributed by atoms with Crippen molar-refractivity contribution in [2.45, 2.75) is 18.9 Å². The standard InChI is InChI=1S/C14H16N4O2S/c19-14(13-7-16-10-21-13)18-5-6-20-12(8-18)2-1-11-3-4-15-9-17-11/h3-4,7,9-10,12H,1-2,5-6,8H2. The smallest absolute Gasteiger partial charge is 0.265 e. The lowest BCUT2D eigenvalue weighted by molar-refractivity contribution is -0.0245. The number of rotatable bonds is 4. The van der Waals surface area contributed by atoms with Crippen molar-refractivity contribution in [2.24, 2.45) is 0 Å². The van der Waals surface area contributed by atoms with Crippen molar-refractivity contribution in [1.29, 1.82) is 0 Å². The molecular weight excluding hydrogens is 288 g/mol. The summed E-state index contributed by atoms with van der Waals surface area (Å²) in [6.07, 6.45) is 6.66.